The fourth-order valence-electron chi connectivity index (χ4n) is 6.82. The molecule has 7 rings (SSSR count). The molecular weight excluding hydrogens is 588 g/mol. The quantitative estimate of drug-likeness (QED) is 0.260. The Balaban J connectivity index is 1.21. The zero-order chi connectivity index (χ0) is 32.3. The topological polar surface area (TPSA) is 163 Å². The number of nitrogens with zero attached hydrogens (tertiary/aromatic N) is 6. The zero-order valence-electron chi connectivity index (χ0n) is 25.7. The third-order valence-corrected chi connectivity index (χ3v) is 8.83. The van der Waals surface area contributed by atoms with Crippen LogP contribution >= 0.6 is 0 Å². The Morgan fingerprint density at radius 3 is 2.50 bits per heavy atom. The van der Waals surface area contributed by atoms with E-state index in [1.54, 1.807) is 12.1 Å². The zero-order valence-corrected chi connectivity index (χ0v) is 25.7. The molecule has 2 unspecified atom stereocenters. The average molecular weight is 623 g/mol. The summed E-state index contributed by atoms with van der Waals surface area (Å²) in [5, 5.41) is 13.3. The van der Waals surface area contributed by atoms with Gasteiger partial charge in [0.2, 0.25) is 0 Å². The van der Waals surface area contributed by atoms with Crippen molar-refractivity contribution in [3.05, 3.63) is 88.7 Å². The first kappa shape index (κ1) is 29.3. The Kier molecular flexibility index (Phi) is 6.93. The first-order valence-electron chi connectivity index (χ1n) is 15.0. The molecule has 0 saturated carbocycles. The minimum atomic E-state index is -0.952. The lowest BCUT2D eigenvalue weighted by molar-refractivity contribution is -0.0260. The Morgan fingerprint density at radius 1 is 1.07 bits per heavy atom. The van der Waals surface area contributed by atoms with Crippen molar-refractivity contribution in [1.29, 1.82) is 0 Å². The Hall–Kier alpha value is -5.43. The van der Waals surface area contributed by atoms with E-state index in [1.165, 1.54) is 15.9 Å². The number of likely N-dealkylation sites (tertiary alicyclic amines) is 1. The summed E-state index contributed by atoms with van der Waals surface area (Å²) in [6.07, 6.45) is 2.41. The van der Waals surface area contributed by atoms with Crippen LogP contribution in [0.1, 0.15) is 42.9 Å². The van der Waals surface area contributed by atoms with Gasteiger partial charge in [-0.05, 0) is 35.2 Å². The van der Waals surface area contributed by atoms with Gasteiger partial charge in [0.25, 0.3) is 11.5 Å². The molecule has 0 radical (unpaired) electrons. The summed E-state index contributed by atoms with van der Waals surface area (Å²) in [7, 11) is 0. The van der Waals surface area contributed by atoms with Crippen molar-refractivity contribution >= 4 is 34.5 Å². The second-order valence-corrected chi connectivity index (χ2v) is 12.7. The number of para-hydroxylation sites is 1. The standard InChI is InChI=1S/C33H34N8O5/c1-33(2,3)27-23(16-39(27)32(44)45)38-15-22(25-28(34)35-18-36-29(25)38)19-9-11-20(12-10-19)37-30(42)26-24-17-46-14-13-40(24)41(31(26)43)21-7-5-4-6-8-21/h4-12,15,18,23,27H,13-14,16-17H2,1-3H3,(H,37,42)(H,44,45)(H2,34,35,36). The highest BCUT2D eigenvalue weighted by Gasteiger charge is 2.50. The molecule has 46 heavy (non-hydrogen) atoms. The molecule has 2 atom stereocenters. The summed E-state index contributed by atoms with van der Waals surface area (Å²) >= 11 is 0. The smallest absolute Gasteiger partial charge is 0.407 e. The first-order chi connectivity index (χ1) is 22.0. The van der Waals surface area contributed by atoms with Gasteiger partial charge in [0.05, 0.1) is 48.6 Å². The summed E-state index contributed by atoms with van der Waals surface area (Å²) in [6, 6.07) is 16.1. The Bertz CT molecular complexity index is 2040. The van der Waals surface area contributed by atoms with E-state index in [0.717, 1.165) is 11.1 Å². The second kappa shape index (κ2) is 10.9. The number of ether oxygens (including phenoxy) is 1. The summed E-state index contributed by atoms with van der Waals surface area (Å²) < 4.78 is 11.0. The van der Waals surface area contributed by atoms with E-state index in [4.69, 9.17) is 10.5 Å². The molecule has 0 aliphatic carbocycles. The lowest BCUT2D eigenvalue weighted by Gasteiger charge is -2.53. The van der Waals surface area contributed by atoms with Gasteiger partial charge in [0.15, 0.2) is 0 Å². The molecule has 2 aliphatic rings. The van der Waals surface area contributed by atoms with Crippen LogP contribution in [0, 0.1) is 5.41 Å². The average Bonchev–Trinajstić information content (AvgIpc) is 3.52. The molecule has 2 aliphatic heterocycles. The first-order valence-corrected chi connectivity index (χ1v) is 15.0. The van der Waals surface area contributed by atoms with Crippen LogP contribution in [-0.4, -0.2) is 65.1 Å². The van der Waals surface area contributed by atoms with Crippen LogP contribution < -0.4 is 16.6 Å². The predicted molar refractivity (Wildman–Crippen MR) is 172 cm³/mol. The summed E-state index contributed by atoms with van der Waals surface area (Å²) in [5.41, 5.74) is 9.63. The van der Waals surface area contributed by atoms with Gasteiger partial charge >= 0.3 is 6.09 Å². The number of anilines is 2. The molecule has 1 saturated heterocycles. The monoisotopic (exact) mass is 622 g/mol. The van der Waals surface area contributed by atoms with Gasteiger partial charge in [0.1, 0.15) is 23.4 Å². The number of amides is 2. The highest BCUT2D eigenvalue weighted by Crippen LogP contribution is 2.44. The number of hydrogen-bond acceptors (Lipinski definition) is 7. The van der Waals surface area contributed by atoms with Crippen molar-refractivity contribution < 1.29 is 19.4 Å². The third-order valence-electron chi connectivity index (χ3n) is 8.83. The molecule has 4 N–H and O–H groups in total. The van der Waals surface area contributed by atoms with Crippen LogP contribution in [0.3, 0.4) is 0 Å². The van der Waals surface area contributed by atoms with Gasteiger partial charge in [-0.1, -0.05) is 51.1 Å². The Labute approximate surface area is 263 Å². The minimum Gasteiger partial charge on any atom is -0.465 e. The second-order valence-electron chi connectivity index (χ2n) is 12.7. The fourth-order valence-corrected chi connectivity index (χ4v) is 6.82. The highest BCUT2D eigenvalue weighted by atomic mass is 16.5. The number of nitrogens with two attached hydrogens (primary N) is 1. The number of fused-ring (bicyclic) bond motifs is 2. The molecule has 13 nitrogen and oxygen atoms in total. The van der Waals surface area contributed by atoms with E-state index in [9.17, 15) is 19.5 Å². The molecule has 5 heterocycles. The molecule has 236 valence electrons. The third kappa shape index (κ3) is 4.70. The predicted octanol–water partition coefficient (Wildman–Crippen LogP) is 4.36. The van der Waals surface area contributed by atoms with E-state index in [2.05, 4.69) is 15.3 Å². The maximum atomic E-state index is 13.6. The lowest BCUT2D eigenvalue weighted by atomic mass is 9.76. The highest BCUT2D eigenvalue weighted by molar-refractivity contribution is 6.05. The van der Waals surface area contributed by atoms with Crippen LogP contribution in [0.2, 0.25) is 0 Å². The van der Waals surface area contributed by atoms with Crippen molar-refractivity contribution in [2.75, 3.05) is 24.2 Å². The molecule has 0 bridgehead atoms. The van der Waals surface area contributed by atoms with Crippen molar-refractivity contribution in [3.63, 3.8) is 0 Å². The largest absolute Gasteiger partial charge is 0.465 e. The van der Waals surface area contributed by atoms with Gasteiger partial charge in [-0.25, -0.2) is 19.4 Å². The van der Waals surface area contributed by atoms with E-state index in [1.807, 2.05) is 78.7 Å². The molecule has 2 amide bonds. The Morgan fingerprint density at radius 2 is 1.80 bits per heavy atom. The number of nitrogen functional groups attached to an aromatic ring is 1. The number of aromatic nitrogens is 5. The molecule has 3 aromatic heterocycles. The van der Waals surface area contributed by atoms with Gasteiger partial charge in [-0.15, -0.1) is 0 Å². The minimum absolute atomic E-state index is 0.0462. The van der Waals surface area contributed by atoms with Crippen molar-refractivity contribution in [1.82, 2.24) is 28.8 Å². The maximum Gasteiger partial charge on any atom is 0.407 e. The SMILES string of the molecule is CC(C)(C)C1C(n2cc(-c3ccc(NC(=O)c4c5n(n(-c6ccccc6)c4=O)CCOC5)cc3)c3c(N)ncnc32)CN1C(=O)O. The van der Waals surface area contributed by atoms with Gasteiger partial charge in [-0.3, -0.25) is 14.3 Å². The van der Waals surface area contributed by atoms with Crippen molar-refractivity contribution in [3.8, 4) is 16.8 Å². The normalized spacial score (nSPS) is 17.8. The number of carbonyl (C=O) groups is 2. The van der Waals surface area contributed by atoms with Gasteiger partial charge in [0, 0.05) is 24.0 Å². The number of carbonyl (C=O) groups excluding carboxylic acids is 1. The number of nitrogens with one attached hydrogen (secondary N) is 1. The number of benzene rings is 2. The van der Waals surface area contributed by atoms with Crippen molar-refractivity contribution in [2.24, 2.45) is 5.41 Å². The van der Waals surface area contributed by atoms with Gasteiger partial charge < -0.3 is 30.4 Å². The van der Waals surface area contributed by atoms with Crippen LogP contribution in [-0.2, 0) is 17.9 Å². The van der Waals surface area contributed by atoms with Gasteiger partial charge in [-0.2, -0.15) is 0 Å². The van der Waals surface area contributed by atoms with Crippen LogP contribution in [0.4, 0.5) is 16.3 Å². The number of rotatable bonds is 5. The summed E-state index contributed by atoms with van der Waals surface area (Å²) in [6.45, 7) is 7.46. The van der Waals surface area contributed by atoms with E-state index in [-0.39, 0.29) is 29.7 Å². The van der Waals surface area contributed by atoms with Crippen molar-refractivity contribution in [2.45, 2.75) is 46.0 Å². The number of carboxylic acid groups (broad SMARTS) is 1. The van der Waals surface area contributed by atoms with Crippen LogP contribution in [0.15, 0.2) is 71.9 Å². The van der Waals surface area contributed by atoms with Crippen LogP contribution in [0.5, 0.6) is 0 Å². The maximum absolute atomic E-state index is 13.6. The van der Waals surface area contributed by atoms with E-state index < -0.39 is 17.6 Å². The van der Waals surface area contributed by atoms with Crippen LogP contribution in [0.25, 0.3) is 27.8 Å². The van der Waals surface area contributed by atoms with E-state index >= 15 is 0 Å². The fraction of sp³-hybridized carbons (Fsp3) is 0.303. The lowest BCUT2D eigenvalue weighted by Crippen LogP contribution is -2.63. The molecule has 2 aromatic carbocycles. The molecule has 5 aromatic rings. The molecule has 13 heteroatoms. The number of hydrogen-bond donors (Lipinski definition) is 3. The molecule has 1 fully saturated rings. The molecule has 0 spiro atoms. The molecular formula is C33H34N8O5. The summed E-state index contributed by atoms with van der Waals surface area (Å²) in [5.74, 6) is -0.203. The summed E-state index contributed by atoms with van der Waals surface area (Å²) in [4.78, 5) is 49.3. The van der Waals surface area contributed by atoms with E-state index in [0.29, 0.717) is 53.6 Å².